The van der Waals surface area contributed by atoms with Crippen molar-refractivity contribution in [1.29, 1.82) is 0 Å². The fraction of sp³-hybridized carbons (Fsp3) is 0.467. The molecular weight excluding hydrogens is 258 g/mol. The molecule has 0 aromatic heterocycles. The highest BCUT2D eigenvalue weighted by Crippen LogP contribution is 2.21. The molecule has 1 saturated heterocycles. The first kappa shape index (κ1) is 14.5. The molecule has 0 radical (unpaired) electrons. The van der Waals surface area contributed by atoms with Crippen LogP contribution in [0.1, 0.15) is 30.6 Å². The van der Waals surface area contributed by atoms with Gasteiger partial charge in [-0.1, -0.05) is 0 Å². The molecule has 1 heterocycles. The summed E-state index contributed by atoms with van der Waals surface area (Å²) in [5.74, 6) is -0.503. The summed E-state index contributed by atoms with van der Waals surface area (Å²) < 4.78 is 10.3. The zero-order valence-corrected chi connectivity index (χ0v) is 11.7. The van der Waals surface area contributed by atoms with Gasteiger partial charge in [-0.25, -0.2) is 4.79 Å². The van der Waals surface area contributed by atoms with Crippen molar-refractivity contribution in [2.75, 3.05) is 18.5 Å². The number of esters is 1. The van der Waals surface area contributed by atoms with Crippen molar-refractivity contribution >= 4 is 17.6 Å². The summed E-state index contributed by atoms with van der Waals surface area (Å²) >= 11 is 0. The SMILES string of the molecule is CCOC(=O)c1ccc(NC(=O)C2COC(C)C2)cc1. The van der Waals surface area contributed by atoms with Gasteiger partial charge in [-0.15, -0.1) is 0 Å². The number of anilines is 1. The smallest absolute Gasteiger partial charge is 0.338 e. The van der Waals surface area contributed by atoms with E-state index in [1.165, 1.54) is 0 Å². The lowest BCUT2D eigenvalue weighted by Gasteiger charge is -2.10. The normalized spacial score (nSPS) is 21.5. The standard InChI is InChI=1S/C15H19NO4/c1-3-19-15(18)11-4-6-13(7-5-11)16-14(17)12-8-10(2)20-9-12/h4-7,10,12H,3,8-9H2,1-2H3,(H,16,17). The minimum atomic E-state index is -0.358. The average molecular weight is 277 g/mol. The zero-order valence-electron chi connectivity index (χ0n) is 11.7. The van der Waals surface area contributed by atoms with E-state index in [-0.39, 0.29) is 23.9 Å². The van der Waals surface area contributed by atoms with Gasteiger partial charge in [0.25, 0.3) is 0 Å². The second-order valence-corrected chi connectivity index (χ2v) is 4.86. The molecule has 0 aliphatic carbocycles. The summed E-state index contributed by atoms with van der Waals surface area (Å²) in [6, 6.07) is 6.68. The van der Waals surface area contributed by atoms with E-state index in [2.05, 4.69) is 5.32 Å². The van der Waals surface area contributed by atoms with Crippen molar-refractivity contribution in [3.63, 3.8) is 0 Å². The first-order valence-electron chi connectivity index (χ1n) is 6.79. The van der Waals surface area contributed by atoms with Crippen LogP contribution in [0.25, 0.3) is 0 Å². The fourth-order valence-corrected chi connectivity index (χ4v) is 2.15. The van der Waals surface area contributed by atoms with Crippen molar-refractivity contribution in [2.24, 2.45) is 5.92 Å². The summed E-state index contributed by atoms with van der Waals surface area (Å²) in [6.45, 7) is 4.53. The van der Waals surface area contributed by atoms with Crippen molar-refractivity contribution in [2.45, 2.75) is 26.4 Å². The summed E-state index contributed by atoms with van der Waals surface area (Å²) in [4.78, 5) is 23.5. The van der Waals surface area contributed by atoms with Crippen LogP contribution < -0.4 is 5.32 Å². The topological polar surface area (TPSA) is 64.6 Å². The van der Waals surface area contributed by atoms with Crippen molar-refractivity contribution in [3.8, 4) is 0 Å². The Kier molecular flexibility index (Phi) is 4.74. The van der Waals surface area contributed by atoms with Crippen molar-refractivity contribution < 1.29 is 19.1 Å². The molecule has 1 aliphatic heterocycles. The lowest BCUT2D eigenvalue weighted by Crippen LogP contribution is -2.23. The fourth-order valence-electron chi connectivity index (χ4n) is 2.15. The highest BCUT2D eigenvalue weighted by Gasteiger charge is 2.28. The van der Waals surface area contributed by atoms with Crippen molar-refractivity contribution in [1.82, 2.24) is 0 Å². The van der Waals surface area contributed by atoms with E-state index in [0.717, 1.165) is 6.42 Å². The molecule has 108 valence electrons. The van der Waals surface area contributed by atoms with Gasteiger partial charge in [0.2, 0.25) is 5.91 Å². The van der Waals surface area contributed by atoms with Gasteiger partial charge in [0, 0.05) is 5.69 Å². The van der Waals surface area contributed by atoms with E-state index in [0.29, 0.717) is 24.5 Å². The number of carbonyl (C=O) groups excluding carboxylic acids is 2. The maximum Gasteiger partial charge on any atom is 0.338 e. The van der Waals surface area contributed by atoms with Crippen molar-refractivity contribution in [3.05, 3.63) is 29.8 Å². The molecule has 2 unspecified atom stereocenters. The first-order chi connectivity index (χ1) is 9.60. The van der Waals surface area contributed by atoms with E-state index >= 15 is 0 Å². The van der Waals surface area contributed by atoms with Crippen LogP contribution in [0, 0.1) is 5.92 Å². The highest BCUT2D eigenvalue weighted by molar-refractivity contribution is 5.94. The Hall–Kier alpha value is -1.88. The first-order valence-corrected chi connectivity index (χ1v) is 6.79. The molecule has 5 heteroatoms. The number of carbonyl (C=O) groups is 2. The molecule has 2 atom stereocenters. The van der Waals surface area contributed by atoms with Crippen LogP contribution >= 0.6 is 0 Å². The Morgan fingerprint density at radius 3 is 2.60 bits per heavy atom. The second kappa shape index (κ2) is 6.52. The molecule has 1 amide bonds. The van der Waals surface area contributed by atoms with E-state index in [1.54, 1.807) is 31.2 Å². The summed E-state index contributed by atoms with van der Waals surface area (Å²) in [5.41, 5.74) is 1.14. The van der Waals surface area contributed by atoms with E-state index in [1.807, 2.05) is 6.92 Å². The molecule has 0 spiro atoms. The maximum atomic E-state index is 12.0. The molecule has 0 bridgehead atoms. The third-order valence-corrected chi connectivity index (χ3v) is 3.23. The maximum absolute atomic E-state index is 12.0. The predicted octanol–water partition coefficient (Wildman–Crippen LogP) is 2.23. The van der Waals surface area contributed by atoms with Gasteiger partial charge in [-0.2, -0.15) is 0 Å². The molecule has 1 aromatic rings. The molecule has 5 nitrogen and oxygen atoms in total. The molecular formula is C15H19NO4. The van der Waals surface area contributed by atoms with Crippen LogP contribution in [0.2, 0.25) is 0 Å². The lowest BCUT2D eigenvalue weighted by molar-refractivity contribution is -0.119. The van der Waals surface area contributed by atoms with Crippen LogP contribution in [-0.4, -0.2) is 31.2 Å². The number of hydrogen-bond acceptors (Lipinski definition) is 4. The van der Waals surface area contributed by atoms with E-state index < -0.39 is 0 Å². The van der Waals surface area contributed by atoms with Gasteiger partial charge in [0.1, 0.15) is 0 Å². The van der Waals surface area contributed by atoms with E-state index in [9.17, 15) is 9.59 Å². The Balaban J connectivity index is 1.93. The van der Waals surface area contributed by atoms with Gasteiger partial charge in [-0.05, 0) is 44.5 Å². The monoisotopic (exact) mass is 277 g/mol. The Bertz CT molecular complexity index is 483. The van der Waals surface area contributed by atoms with Crippen LogP contribution in [-0.2, 0) is 14.3 Å². The third kappa shape index (κ3) is 3.57. The van der Waals surface area contributed by atoms with Crippen LogP contribution in [0.3, 0.4) is 0 Å². The summed E-state index contributed by atoms with van der Waals surface area (Å²) in [7, 11) is 0. The summed E-state index contributed by atoms with van der Waals surface area (Å²) in [6.07, 6.45) is 0.879. The number of benzene rings is 1. The molecule has 1 N–H and O–H groups in total. The number of amides is 1. The second-order valence-electron chi connectivity index (χ2n) is 4.86. The minimum Gasteiger partial charge on any atom is -0.462 e. The van der Waals surface area contributed by atoms with Crippen LogP contribution in [0.5, 0.6) is 0 Å². The quantitative estimate of drug-likeness (QED) is 0.857. The zero-order chi connectivity index (χ0) is 14.5. The summed E-state index contributed by atoms with van der Waals surface area (Å²) in [5, 5.41) is 2.83. The molecule has 20 heavy (non-hydrogen) atoms. The number of hydrogen-bond donors (Lipinski definition) is 1. The predicted molar refractivity (Wildman–Crippen MR) is 74.5 cm³/mol. The van der Waals surface area contributed by atoms with Gasteiger partial charge >= 0.3 is 5.97 Å². The van der Waals surface area contributed by atoms with Crippen LogP contribution in [0.15, 0.2) is 24.3 Å². The third-order valence-electron chi connectivity index (χ3n) is 3.23. The largest absolute Gasteiger partial charge is 0.462 e. The molecule has 1 aromatic carbocycles. The number of nitrogens with one attached hydrogen (secondary N) is 1. The van der Waals surface area contributed by atoms with Gasteiger partial charge in [0.05, 0.1) is 30.8 Å². The van der Waals surface area contributed by atoms with E-state index in [4.69, 9.17) is 9.47 Å². The molecule has 2 rings (SSSR count). The van der Waals surface area contributed by atoms with Crippen LogP contribution in [0.4, 0.5) is 5.69 Å². The Morgan fingerprint density at radius 2 is 2.05 bits per heavy atom. The lowest BCUT2D eigenvalue weighted by atomic mass is 10.1. The Labute approximate surface area is 118 Å². The van der Waals surface area contributed by atoms with Gasteiger partial charge < -0.3 is 14.8 Å². The molecule has 1 fully saturated rings. The van der Waals surface area contributed by atoms with Gasteiger partial charge in [0.15, 0.2) is 0 Å². The average Bonchev–Trinajstić information content (AvgIpc) is 2.86. The molecule has 0 saturated carbocycles. The number of ether oxygens (including phenoxy) is 2. The Morgan fingerprint density at radius 1 is 1.35 bits per heavy atom. The minimum absolute atomic E-state index is 0.0433. The van der Waals surface area contributed by atoms with Gasteiger partial charge in [-0.3, -0.25) is 4.79 Å². The molecule has 1 aliphatic rings. The number of rotatable bonds is 4. The highest BCUT2D eigenvalue weighted by atomic mass is 16.5.